The lowest BCUT2D eigenvalue weighted by molar-refractivity contribution is 0.413. The molecule has 4 heteroatoms. The van der Waals surface area contributed by atoms with Gasteiger partial charge in [0.05, 0.1) is 14.2 Å². The van der Waals surface area contributed by atoms with Crippen molar-refractivity contribution >= 4 is 0 Å². The monoisotopic (exact) mass is 300 g/mol. The molecule has 0 fully saturated rings. The van der Waals surface area contributed by atoms with E-state index in [1.807, 2.05) is 50.2 Å². The third-order valence-corrected chi connectivity index (χ3v) is 4.06. The molecule has 4 nitrogen and oxygen atoms in total. The predicted molar refractivity (Wildman–Crippen MR) is 89.3 cm³/mol. The number of rotatable bonds is 5. The molecule has 2 atom stereocenters. The van der Waals surface area contributed by atoms with Gasteiger partial charge in [0.15, 0.2) is 0 Å². The Morgan fingerprint density at radius 3 is 1.36 bits per heavy atom. The van der Waals surface area contributed by atoms with E-state index in [0.29, 0.717) is 0 Å². The van der Waals surface area contributed by atoms with Crippen LogP contribution in [0.5, 0.6) is 11.5 Å². The molecule has 4 N–H and O–H groups in total. The van der Waals surface area contributed by atoms with E-state index in [2.05, 4.69) is 0 Å². The van der Waals surface area contributed by atoms with E-state index >= 15 is 0 Å². The van der Waals surface area contributed by atoms with E-state index in [0.717, 1.165) is 33.8 Å². The Morgan fingerprint density at radius 1 is 0.727 bits per heavy atom. The van der Waals surface area contributed by atoms with Gasteiger partial charge in [0.2, 0.25) is 0 Å². The minimum atomic E-state index is -0.280. The normalized spacial score (nSPS) is 13.5. The summed E-state index contributed by atoms with van der Waals surface area (Å²) < 4.78 is 10.5. The standard InChI is InChI=1S/C18H24N2O2/c1-11-9-13(21-3)5-7-15(11)17(19)18(20)16-8-6-14(22-4)10-12(16)2/h5-10,17-18H,19-20H2,1-4H3. The third-order valence-electron chi connectivity index (χ3n) is 4.06. The number of methoxy groups -OCH3 is 2. The first-order valence-electron chi connectivity index (χ1n) is 7.28. The smallest absolute Gasteiger partial charge is 0.119 e. The highest BCUT2D eigenvalue weighted by Gasteiger charge is 2.21. The summed E-state index contributed by atoms with van der Waals surface area (Å²) in [6.07, 6.45) is 0. The summed E-state index contributed by atoms with van der Waals surface area (Å²) in [5.41, 5.74) is 17.0. The Bertz CT molecular complexity index is 598. The second-order valence-corrected chi connectivity index (χ2v) is 5.50. The van der Waals surface area contributed by atoms with Gasteiger partial charge in [0.25, 0.3) is 0 Å². The summed E-state index contributed by atoms with van der Waals surface area (Å²) in [7, 11) is 3.31. The molecule has 2 unspecified atom stereocenters. The molecule has 0 heterocycles. The molecule has 2 rings (SSSR count). The predicted octanol–water partition coefficient (Wildman–Crippen LogP) is 3.02. The summed E-state index contributed by atoms with van der Waals surface area (Å²) >= 11 is 0. The molecule has 118 valence electrons. The highest BCUT2D eigenvalue weighted by atomic mass is 16.5. The fourth-order valence-corrected chi connectivity index (χ4v) is 2.69. The Kier molecular flexibility index (Phi) is 5.06. The molecule has 0 aliphatic carbocycles. The van der Waals surface area contributed by atoms with Gasteiger partial charge in [-0.2, -0.15) is 0 Å². The third kappa shape index (κ3) is 3.24. The van der Waals surface area contributed by atoms with Crippen molar-refractivity contribution in [3.63, 3.8) is 0 Å². The summed E-state index contributed by atoms with van der Waals surface area (Å²) in [4.78, 5) is 0. The van der Waals surface area contributed by atoms with Crippen LogP contribution < -0.4 is 20.9 Å². The zero-order chi connectivity index (χ0) is 16.3. The van der Waals surface area contributed by atoms with Gasteiger partial charge in [-0.25, -0.2) is 0 Å². The Hall–Kier alpha value is -2.04. The molecular weight excluding hydrogens is 276 g/mol. The van der Waals surface area contributed by atoms with Crippen LogP contribution >= 0.6 is 0 Å². The molecular formula is C18H24N2O2. The van der Waals surface area contributed by atoms with E-state index < -0.39 is 0 Å². The van der Waals surface area contributed by atoms with Gasteiger partial charge in [0, 0.05) is 12.1 Å². The lowest BCUT2D eigenvalue weighted by Crippen LogP contribution is -2.27. The van der Waals surface area contributed by atoms with Crippen molar-refractivity contribution < 1.29 is 9.47 Å². The molecule has 2 aromatic rings. The van der Waals surface area contributed by atoms with Gasteiger partial charge in [-0.15, -0.1) is 0 Å². The molecule has 0 aliphatic rings. The van der Waals surface area contributed by atoms with Gasteiger partial charge >= 0.3 is 0 Å². The van der Waals surface area contributed by atoms with E-state index in [1.165, 1.54) is 0 Å². The van der Waals surface area contributed by atoms with Gasteiger partial charge in [-0.05, 0) is 60.4 Å². The maximum atomic E-state index is 6.41. The molecule has 0 spiro atoms. The van der Waals surface area contributed by atoms with Crippen LogP contribution in [0.1, 0.15) is 34.3 Å². The van der Waals surface area contributed by atoms with E-state index in [-0.39, 0.29) is 12.1 Å². The lowest BCUT2D eigenvalue weighted by atomic mass is 9.90. The molecule has 22 heavy (non-hydrogen) atoms. The first-order valence-corrected chi connectivity index (χ1v) is 7.28. The molecule has 0 aliphatic heterocycles. The zero-order valence-electron chi connectivity index (χ0n) is 13.6. The van der Waals surface area contributed by atoms with Crippen LogP contribution in [0.4, 0.5) is 0 Å². The molecule has 0 aromatic heterocycles. The number of hydrogen-bond acceptors (Lipinski definition) is 4. The van der Waals surface area contributed by atoms with Gasteiger partial charge in [0.1, 0.15) is 11.5 Å². The van der Waals surface area contributed by atoms with Gasteiger partial charge in [-0.3, -0.25) is 0 Å². The van der Waals surface area contributed by atoms with Gasteiger partial charge < -0.3 is 20.9 Å². The fourth-order valence-electron chi connectivity index (χ4n) is 2.69. The van der Waals surface area contributed by atoms with Crippen LogP contribution in [0.15, 0.2) is 36.4 Å². The zero-order valence-corrected chi connectivity index (χ0v) is 13.6. The highest BCUT2D eigenvalue weighted by Crippen LogP contribution is 2.31. The van der Waals surface area contributed by atoms with Crippen LogP contribution in [0.2, 0.25) is 0 Å². The minimum Gasteiger partial charge on any atom is -0.497 e. The summed E-state index contributed by atoms with van der Waals surface area (Å²) in [6, 6.07) is 11.2. The van der Waals surface area contributed by atoms with Crippen molar-refractivity contribution in [3.05, 3.63) is 58.7 Å². The number of aryl methyl sites for hydroxylation is 2. The van der Waals surface area contributed by atoms with Crippen molar-refractivity contribution in [2.45, 2.75) is 25.9 Å². The summed E-state index contributed by atoms with van der Waals surface area (Å²) in [5, 5.41) is 0. The average molecular weight is 300 g/mol. The van der Waals surface area contributed by atoms with Gasteiger partial charge in [-0.1, -0.05) is 12.1 Å². The molecule has 0 saturated heterocycles. The SMILES string of the molecule is COc1ccc(C(N)C(N)c2ccc(OC)cc2C)c(C)c1. The quantitative estimate of drug-likeness (QED) is 0.890. The maximum absolute atomic E-state index is 6.41. The lowest BCUT2D eigenvalue weighted by Gasteiger charge is -2.24. The first kappa shape index (κ1) is 16.3. The van der Waals surface area contributed by atoms with E-state index in [9.17, 15) is 0 Å². The number of ether oxygens (including phenoxy) is 2. The van der Waals surface area contributed by atoms with Crippen molar-refractivity contribution in [1.82, 2.24) is 0 Å². The molecule has 0 bridgehead atoms. The second kappa shape index (κ2) is 6.81. The van der Waals surface area contributed by atoms with E-state index in [1.54, 1.807) is 14.2 Å². The molecule has 0 amide bonds. The van der Waals surface area contributed by atoms with Crippen LogP contribution in [-0.4, -0.2) is 14.2 Å². The molecule has 0 saturated carbocycles. The summed E-state index contributed by atoms with van der Waals surface area (Å²) in [6.45, 7) is 4.04. The van der Waals surface area contributed by atoms with E-state index in [4.69, 9.17) is 20.9 Å². The first-order chi connectivity index (χ1) is 10.5. The minimum absolute atomic E-state index is 0.280. The van der Waals surface area contributed by atoms with Crippen LogP contribution in [0.25, 0.3) is 0 Å². The largest absolute Gasteiger partial charge is 0.497 e. The number of benzene rings is 2. The average Bonchev–Trinajstić information content (AvgIpc) is 2.53. The van der Waals surface area contributed by atoms with Crippen molar-refractivity contribution in [2.24, 2.45) is 11.5 Å². The maximum Gasteiger partial charge on any atom is 0.119 e. The molecule has 2 aromatic carbocycles. The van der Waals surface area contributed by atoms with Crippen LogP contribution in [-0.2, 0) is 0 Å². The highest BCUT2D eigenvalue weighted by molar-refractivity contribution is 5.41. The van der Waals surface area contributed by atoms with Crippen LogP contribution in [0.3, 0.4) is 0 Å². The number of hydrogen-bond donors (Lipinski definition) is 2. The van der Waals surface area contributed by atoms with Crippen LogP contribution in [0, 0.1) is 13.8 Å². The fraction of sp³-hybridized carbons (Fsp3) is 0.333. The second-order valence-electron chi connectivity index (χ2n) is 5.50. The Morgan fingerprint density at radius 2 is 1.09 bits per heavy atom. The Labute approximate surface area is 132 Å². The Balaban J connectivity index is 2.30. The number of nitrogens with two attached hydrogens (primary N) is 2. The summed E-state index contributed by atoms with van der Waals surface area (Å²) in [5.74, 6) is 1.64. The van der Waals surface area contributed by atoms with Crippen molar-refractivity contribution in [2.75, 3.05) is 14.2 Å². The molecule has 0 radical (unpaired) electrons. The van der Waals surface area contributed by atoms with Crippen molar-refractivity contribution in [1.29, 1.82) is 0 Å². The topological polar surface area (TPSA) is 70.5 Å². The van der Waals surface area contributed by atoms with Crippen molar-refractivity contribution in [3.8, 4) is 11.5 Å².